The van der Waals surface area contributed by atoms with Crippen LogP contribution in [0.3, 0.4) is 0 Å². The highest BCUT2D eigenvalue weighted by Gasteiger charge is 2.31. The number of hydrogen-bond acceptors (Lipinski definition) is 6. The molecule has 1 fully saturated rings. The maximum atomic E-state index is 12.6. The summed E-state index contributed by atoms with van der Waals surface area (Å²) in [6.07, 6.45) is 4.91. The summed E-state index contributed by atoms with van der Waals surface area (Å²) in [6.45, 7) is 1.96. The lowest BCUT2D eigenvalue weighted by molar-refractivity contribution is -0.142. The van der Waals surface area contributed by atoms with Crippen LogP contribution in [0.15, 0.2) is 30.3 Å². The summed E-state index contributed by atoms with van der Waals surface area (Å²) in [5.74, 6) is -0.834. The van der Waals surface area contributed by atoms with Crippen LogP contribution in [0.4, 0.5) is 5.69 Å². The molecule has 0 aliphatic carbocycles. The number of fused-ring (bicyclic) bond motifs is 1. The summed E-state index contributed by atoms with van der Waals surface area (Å²) >= 11 is 6.40. The van der Waals surface area contributed by atoms with Gasteiger partial charge in [0.25, 0.3) is 5.91 Å². The highest BCUT2D eigenvalue weighted by molar-refractivity contribution is 7.91. The number of aryl methyl sites for hydroxylation is 2. The number of esters is 1. The molecule has 0 spiro atoms. The number of anilines is 1. The first-order valence-electron chi connectivity index (χ1n) is 10.4. The van der Waals surface area contributed by atoms with Crippen molar-refractivity contribution in [1.29, 1.82) is 0 Å². The Morgan fingerprint density at radius 3 is 2.84 bits per heavy atom. The molecule has 10 heteroatoms. The Kier molecular flexibility index (Phi) is 6.39. The van der Waals surface area contributed by atoms with E-state index in [-0.39, 0.29) is 35.2 Å². The zero-order chi connectivity index (χ0) is 22.9. The number of sulfone groups is 1. The Bertz CT molecular complexity index is 1190. The van der Waals surface area contributed by atoms with Crippen molar-refractivity contribution in [2.45, 2.75) is 32.2 Å². The van der Waals surface area contributed by atoms with E-state index in [2.05, 4.69) is 5.10 Å². The Balaban J connectivity index is 1.38. The number of halogens is 1. The predicted octanol–water partition coefficient (Wildman–Crippen LogP) is 2.74. The summed E-state index contributed by atoms with van der Waals surface area (Å²) in [6, 6.07) is 7.40. The van der Waals surface area contributed by atoms with Crippen LogP contribution < -0.4 is 4.90 Å². The number of carbonyl (C=O) groups is 2. The molecule has 0 N–H and O–H groups in total. The maximum Gasteiger partial charge on any atom is 0.331 e. The van der Waals surface area contributed by atoms with Crippen LogP contribution in [0.25, 0.3) is 6.08 Å². The number of benzene rings is 1. The molecule has 0 unspecified atom stereocenters. The highest BCUT2D eigenvalue weighted by Crippen LogP contribution is 2.30. The molecule has 3 heterocycles. The number of aromatic nitrogens is 2. The monoisotopic (exact) mass is 477 g/mol. The van der Waals surface area contributed by atoms with Gasteiger partial charge in [0, 0.05) is 23.9 Å². The molecule has 0 saturated carbocycles. The SMILES string of the molecule is Cc1nn([C@H]2CCS(=O)(=O)C2)c(Cl)c1/C=C/C(=O)OCC(=O)N1CCCc2ccccc21. The highest BCUT2D eigenvalue weighted by atomic mass is 35.5. The van der Waals surface area contributed by atoms with Gasteiger partial charge >= 0.3 is 5.97 Å². The standard InChI is InChI=1S/C22H24ClN3O5S/c1-15-18(22(23)26(24-15)17-10-12-32(29,30)14-17)8-9-21(28)31-13-20(27)25-11-4-6-16-5-2-3-7-19(16)25/h2-3,5,7-9,17H,4,6,10-14H2,1H3/b9-8+/t17-/m0/s1. The van der Waals surface area contributed by atoms with Gasteiger partial charge < -0.3 is 9.64 Å². The fourth-order valence-corrected chi connectivity index (χ4v) is 6.20. The Hall–Kier alpha value is -2.65. The molecule has 1 saturated heterocycles. The fourth-order valence-electron chi connectivity index (χ4n) is 4.13. The van der Waals surface area contributed by atoms with Crippen molar-refractivity contribution < 1.29 is 22.7 Å². The number of nitrogens with zero attached hydrogens (tertiary/aromatic N) is 3. The van der Waals surface area contributed by atoms with E-state index in [0.717, 1.165) is 24.1 Å². The Labute approximate surface area is 191 Å². The van der Waals surface area contributed by atoms with Crippen LogP contribution in [0.2, 0.25) is 5.15 Å². The van der Waals surface area contributed by atoms with Crippen molar-refractivity contribution in [3.05, 3.63) is 52.3 Å². The molecule has 2 aliphatic rings. The van der Waals surface area contributed by atoms with Crippen LogP contribution in [-0.2, 0) is 30.6 Å². The van der Waals surface area contributed by atoms with Gasteiger partial charge in [-0.3, -0.25) is 4.79 Å². The molecule has 170 valence electrons. The average molecular weight is 478 g/mol. The number of amides is 1. The van der Waals surface area contributed by atoms with Crippen molar-refractivity contribution >= 4 is 45.1 Å². The van der Waals surface area contributed by atoms with E-state index < -0.39 is 15.8 Å². The lowest BCUT2D eigenvalue weighted by Crippen LogP contribution is -2.38. The number of ether oxygens (including phenoxy) is 1. The summed E-state index contributed by atoms with van der Waals surface area (Å²) in [7, 11) is -3.08. The lowest BCUT2D eigenvalue weighted by Gasteiger charge is -2.29. The second-order valence-corrected chi connectivity index (χ2v) is 10.6. The van der Waals surface area contributed by atoms with Gasteiger partial charge in [-0.1, -0.05) is 29.8 Å². The third-order valence-electron chi connectivity index (χ3n) is 5.76. The van der Waals surface area contributed by atoms with Crippen molar-refractivity contribution in [3.63, 3.8) is 0 Å². The molecule has 4 rings (SSSR count). The van der Waals surface area contributed by atoms with Crippen LogP contribution in [0.5, 0.6) is 0 Å². The number of rotatable bonds is 5. The molecule has 0 radical (unpaired) electrons. The van der Waals surface area contributed by atoms with Crippen LogP contribution in [0, 0.1) is 6.92 Å². The zero-order valence-corrected chi connectivity index (χ0v) is 19.2. The smallest absolute Gasteiger partial charge is 0.331 e. The van der Waals surface area contributed by atoms with Crippen molar-refractivity contribution in [1.82, 2.24) is 9.78 Å². The minimum absolute atomic E-state index is 0.000770. The van der Waals surface area contributed by atoms with Gasteiger partial charge in [-0.2, -0.15) is 5.10 Å². The van der Waals surface area contributed by atoms with Crippen LogP contribution in [-0.4, -0.2) is 54.7 Å². The van der Waals surface area contributed by atoms with Crippen molar-refractivity contribution in [2.24, 2.45) is 0 Å². The molecule has 32 heavy (non-hydrogen) atoms. The summed E-state index contributed by atoms with van der Waals surface area (Å²) in [5.41, 5.74) is 3.06. The summed E-state index contributed by atoms with van der Waals surface area (Å²) < 4.78 is 30.1. The first-order valence-corrected chi connectivity index (χ1v) is 12.6. The van der Waals surface area contributed by atoms with Crippen LogP contribution >= 0.6 is 11.6 Å². The van der Waals surface area contributed by atoms with Gasteiger partial charge in [0.1, 0.15) is 5.15 Å². The minimum atomic E-state index is -3.08. The van der Waals surface area contributed by atoms with E-state index in [9.17, 15) is 18.0 Å². The predicted molar refractivity (Wildman–Crippen MR) is 121 cm³/mol. The molecule has 1 atom stereocenters. The molecule has 1 aromatic heterocycles. The molecule has 1 amide bonds. The number of carbonyl (C=O) groups excluding carboxylic acids is 2. The molecule has 2 aromatic rings. The fraction of sp³-hybridized carbons (Fsp3) is 0.409. The van der Waals surface area contributed by atoms with E-state index >= 15 is 0 Å². The van der Waals surface area contributed by atoms with Crippen LogP contribution in [0.1, 0.15) is 35.7 Å². The van der Waals surface area contributed by atoms with Gasteiger partial charge in [0.05, 0.1) is 23.2 Å². The third-order valence-corrected chi connectivity index (χ3v) is 7.89. The van der Waals surface area contributed by atoms with Gasteiger partial charge in [-0.15, -0.1) is 0 Å². The van der Waals surface area contributed by atoms with E-state index in [0.29, 0.717) is 24.2 Å². The van der Waals surface area contributed by atoms with Crippen molar-refractivity contribution in [3.8, 4) is 0 Å². The van der Waals surface area contributed by atoms with Gasteiger partial charge in [-0.25, -0.2) is 17.9 Å². The normalized spacial score (nSPS) is 19.8. The molecule has 1 aromatic carbocycles. The second-order valence-electron chi connectivity index (χ2n) is 8.01. The molecular formula is C22H24ClN3O5S. The first kappa shape index (κ1) is 22.5. The molecule has 2 aliphatic heterocycles. The number of hydrogen-bond donors (Lipinski definition) is 0. The number of para-hydroxylation sites is 1. The maximum absolute atomic E-state index is 12.6. The van der Waals surface area contributed by atoms with Gasteiger partial charge in [0.15, 0.2) is 16.4 Å². The first-order chi connectivity index (χ1) is 15.2. The molecular weight excluding hydrogens is 454 g/mol. The summed E-state index contributed by atoms with van der Waals surface area (Å²) in [4.78, 5) is 26.4. The minimum Gasteiger partial charge on any atom is -0.452 e. The van der Waals surface area contributed by atoms with E-state index in [4.69, 9.17) is 16.3 Å². The zero-order valence-electron chi connectivity index (χ0n) is 17.7. The molecule has 8 nitrogen and oxygen atoms in total. The Morgan fingerprint density at radius 1 is 1.31 bits per heavy atom. The lowest BCUT2D eigenvalue weighted by atomic mass is 10.0. The summed E-state index contributed by atoms with van der Waals surface area (Å²) in [5, 5.41) is 4.62. The van der Waals surface area contributed by atoms with Crippen molar-refractivity contribution in [2.75, 3.05) is 29.6 Å². The largest absolute Gasteiger partial charge is 0.452 e. The Morgan fingerprint density at radius 2 is 2.09 bits per heavy atom. The topological polar surface area (TPSA) is 98.6 Å². The van der Waals surface area contributed by atoms with E-state index in [1.807, 2.05) is 24.3 Å². The van der Waals surface area contributed by atoms with Gasteiger partial charge in [-0.05, 0) is 43.9 Å². The molecule has 0 bridgehead atoms. The third kappa shape index (κ3) is 4.73. The van der Waals surface area contributed by atoms with E-state index in [1.54, 1.807) is 11.8 Å². The quantitative estimate of drug-likeness (QED) is 0.485. The van der Waals surface area contributed by atoms with E-state index in [1.165, 1.54) is 16.8 Å². The van der Waals surface area contributed by atoms with Gasteiger partial charge in [0.2, 0.25) is 0 Å². The average Bonchev–Trinajstić information content (AvgIpc) is 3.27. The second kappa shape index (κ2) is 9.07.